The lowest BCUT2D eigenvalue weighted by Crippen LogP contribution is -2.42. The van der Waals surface area contributed by atoms with Crippen LogP contribution in [0.5, 0.6) is 5.75 Å². The molecule has 0 aliphatic heterocycles. The third-order valence-corrected chi connectivity index (χ3v) is 4.00. The van der Waals surface area contributed by atoms with Crippen molar-refractivity contribution in [3.05, 3.63) is 24.0 Å². The van der Waals surface area contributed by atoms with Crippen LogP contribution in [0.3, 0.4) is 0 Å². The van der Waals surface area contributed by atoms with Crippen molar-refractivity contribution in [1.29, 1.82) is 0 Å². The summed E-state index contributed by atoms with van der Waals surface area (Å²) >= 11 is 0. The molecule has 1 saturated carbocycles. The number of hydrogen-bond donors (Lipinski definition) is 2. The standard InChI is InChI=1S/C14H21N3O2/c1-15-10-3-5-11(6-4-10)17(2)14(19)12-7-8-16-9-13(12)18/h7-11,15,18H,3-6H2,1-2H3. The molecule has 1 amide bonds. The van der Waals surface area contributed by atoms with E-state index < -0.39 is 0 Å². The van der Waals surface area contributed by atoms with Gasteiger partial charge in [-0.15, -0.1) is 0 Å². The van der Waals surface area contributed by atoms with Gasteiger partial charge >= 0.3 is 0 Å². The topological polar surface area (TPSA) is 65.5 Å². The Bertz CT molecular complexity index is 442. The summed E-state index contributed by atoms with van der Waals surface area (Å²) in [5, 5.41) is 13.0. The van der Waals surface area contributed by atoms with Crippen LogP contribution in [0.2, 0.25) is 0 Å². The molecule has 0 spiro atoms. The van der Waals surface area contributed by atoms with Crippen molar-refractivity contribution in [1.82, 2.24) is 15.2 Å². The summed E-state index contributed by atoms with van der Waals surface area (Å²) in [5.41, 5.74) is 0.327. The van der Waals surface area contributed by atoms with Gasteiger partial charge in [-0.1, -0.05) is 0 Å². The first-order valence-corrected chi connectivity index (χ1v) is 6.71. The van der Waals surface area contributed by atoms with Crippen molar-refractivity contribution in [3.8, 4) is 5.75 Å². The first-order chi connectivity index (χ1) is 9.13. The Balaban J connectivity index is 2.02. The fourth-order valence-electron chi connectivity index (χ4n) is 2.67. The minimum absolute atomic E-state index is 0.0525. The molecule has 5 heteroatoms. The van der Waals surface area contributed by atoms with E-state index in [0.29, 0.717) is 11.6 Å². The average molecular weight is 263 g/mol. The van der Waals surface area contributed by atoms with Gasteiger partial charge in [-0.2, -0.15) is 0 Å². The molecule has 1 heterocycles. The minimum Gasteiger partial charge on any atom is -0.505 e. The van der Waals surface area contributed by atoms with Gasteiger partial charge in [-0.05, 0) is 38.8 Å². The molecule has 19 heavy (non-hydrogen) atoms. The van der Waals surface area contributed by atoms with Crippen LogP contribution in [0, 0.1) is 0 Å². The van der Waals surface area contributed by atoms with E-state index >= 15 is 0 Å². The van der Waals surface area contributed by atoms with Gasteiger partial charge in [0.25, 0.3) is 5.91 Å². The molecular weight excluding hydrogens is 242 g/mol. The third-order valence-electron chi connectivity index (χ3n) is 4.00. The highest BCUT2D eigenvalue weighted by molar-refractivity contribution is 5.96. The Labute approximate surface area is 113 Å². The van der Waals surface area contributed by atoms with Gasteiger partial charge in [-0.3, -0.25) is 9.78 Å². The van der Waals surface area contributed by atoms with Crippen LogP contribution in [0.15, 0.2) is 18.5 Å². The SMILES string of the molecule is CNC1CCC(N(C)C(=O)c2ccncc2O)CC1. The van der Waals surface area contributed by atoms with Crippen LogP contribution >= 0.6 is 0 Å². The largest absolute Gasteiger partial charge is 0.505 e. The molecule has 1 aliphatic rings. The number of hydrogen-bond acceptors (Lipinski definition) is 4. The number of amides is 1. The monoisotopic (exact) mass is 263 g/mol. The van der Waals surface area contributed by atoms with Gasteiger partial charge in [0.05, 0.1) is 11.8 Å². The zero-order valence-electron chi connectivity index (χ0n) is 11.5. The van der Waals surface area contributed by atoms with Crippen molar-refractivity contribution < 1.29 is 9.90 Å². The number of carbonyl (C=O) groups is 1. The fourth-order valence-corrected chi connectivity index (χ4v) is 2.67. The second-order valence-electron chi connectivity index (χ2n) is 5.10. The number of nitrogens with one attached hydrogen (secondary N) is 1. The molecule has 0 atom stereocenters. The molecule has 0 bridgehead atoms. The van der Waals surface area contributed by atoms with Gasteiger partial charge in [0, 0.05) is 25.3 Å². The smallest absolute Gasteiger partial charge is 0.257 e. The van der Waals surface area contributed by atoms with Gasteiger partial charge in [-0.25, -0.2) is 0 Å². The van der Waals surface area contributed by atoms with E-state index in [0.717, 1.165) is 25.7 Å². The lowest BCUT2D eigenvalue weighted by atomic mass is 9.90. The van der Waals surface area contributed by atoms with Crippen LogP contribution in [-0.4, -0.2) is 47.1 Å². The molecule has 1 aromatic heterocycles. The molecule has 104 valence electrons. The first-order valence-electron chi connectivity index (χ1n) is 6.71. The summed E-state index contributed by atoms with van der Waals surface area (Å²) in [6.07, 6.45) is 7.00. The summed E-state index contributed by atoms with van der Waals surface area (Å²) in [6.45, 7) is 0. The molecule has 0 radical (unpaired) electrons. The van der Waals surface area contributed by atoms with Gasteiger partial charge in [0.1, 0.15) is 5.75 Å². The Kier molecular flexibility index (Phi) is 4.37. The first kappa shape index (κ1) is 13.8. The Morgan fingerprint density at radius 1 is 1.42 bits per heavy atom. The van der Waals surface area contributed by atoms with Crippen LogP contribution in [-0.2, 0) is 0 Å². The van der Waals surface area contributed by atoms with E-state index in [1.807, 2.05) is 14.1 Å². The molecule has 1 aromatic rings. The van der Waals surface area contributed by atoms with E-state index in [9.17, 15) is 9.90 Å². The van der Waals surface area contributed by atoms with Crippen LogP contribution in [0.25, 0.3) is 0 Å². The van der Waals surface area contributed by atoms with E-state index in [2.05, 4.69) is 10.3 Å². The summed E-state index contributed by atoms with van der Waals surface area (Å²) < 4.78 is 0. The molecule has 2 N–H and O–H groups in total. The highest BCUT2D eigenvalue weighted by atomic mass is 16.3. The van der Waals surface area contributed by atoms with Crippen LogP contribution in [0.4, 0.5) is 0 Å². The number of aromatic nitrogens is 1. The van der Waals surface area contributed by atoms with E-state index in [4.69, 9.17) is 0 Å². The minimum atomic E-state index is -0.132. The Morgan fingerprint density at radius 2 is 2.11 bits per heavy atom. The molecule has 0 unspecified atom stereocenters. The third kappa shape index (κ3) is 3.04. The summed E-state index contributed by atoms with van der Waals surface area (Å²) in [4.78, 5) is 17.9. The van der Waals surface area contributed by atoms with E-state index in [1.165, 1.54) is 12.4 Å². The zero-order valence-corrected chi connectivity index (χ0v) is 11.5. The van der Waals surface area contributed by atoms with Crippen molar-refractivity contribution in [2.45, 2.75) is 37.8 Å². The lowest BCUT2D eigenvalue weighted by molar-refractivity contribution is 0.0682. The highest BCUT2D eigenvalue weighted by Crippen LogP contribution is 2.25. The van der Waals surface area contributed by atoms with Gasteiger partial charge in [0.2, 0.25) is 0 Å². The quantitative estimate of drug-likeness (QED) is 0.865. The second kappa shape index (κ2) is 6.02. The van der Waals surface area contributed by atoms with Crippen molar-refractivity contribution in [2.75, 3.05) is 14.1 Å². The fraction of sp³-hybridized carbons (Fsp3) is 0.571. The molecule has 0 saturated heterocycles. The Morgan fingerprint density at radius 3 is 2.68 bits per heavy atom. The van der Waals surface area contributed by atoms with Crippen molar-refractivity contribution in [2.24, 2.45) is 0 Å². The van der Waals surface area contributed by atoms with Crippen molar-refractivity contribution >= 4 is 5.91 Å². The average Bonchev–Trinajstić information content (AvgIpc) is 2.46. The predicted octanol–water partition coefficient (Wildman–Crippen LogP) is 1.39. The van der Waals surface area contributed by atoms with E-state index in [1.54, 1.807) is 11.0 Å². The molecule has 5 nitrogen and oxygen atoms in total. The molecule has 2 rings (SSSR count). The molecule has 1 aliphatic carbocycles. The maximum atomic E-state index is 12.3. The van der Waals surface area contributed by atoms with Crippen LogP contribution in [0.1, 0.15) is 36.0 Å². The maximum absolute atomic E-state index is 12.3. The second-order valence-corrected chi connectivity index (χ2v) is 5.10. The number of carbonyl (C=O) groups excluding carboxylic acids is 1. The van der Waals surface area contributed by atoms with Crippen molar-refractivity contribution in [3.63, 3.8) is 0 Å². The van der Waals surface area contributed by atoms with Gasteiger partial charge < -0.3 is 15.3 Å². The van der Waals surface area contributed by atoms with Gasteiger partial charge in [0.15, 0.2) is 0 Å². The summed E-state index contributed by atoms with van der Waals surface area (Å²) in [5.74, 6) is -0.184. The highest BCUT2D eigenvalue weighted by Gasteiger charge is 2.27. The number of rotatable bonds is 3. The summed E-state index contributed by atoms with van der Waals surface area (Å²) in [7, 11) is 3.79. The maximum Gasteiger partial charge on any atom is 0.257 e. The predicted molar refractivity (Wildman–Crippen MR) is 73.1 cm³/mol. The zero-order chi connectivity index (χ0) is 13.8. The Hall–Kier alpha value is -1.62. The number of nitrogens with zero attached hydrogens (tertiary/aromatic N) is 2. The van der Waals surface area contributed by atoms with Crippen LogP contribution < -0.4 is 5.32 Å². The molecular formula is C14H21N3O2. The summed E-state index contributed by atoms with van der Waals surface area (Å²) in [6, 6.07) is 2.38. The normalized spacial score (nSPS) is 23.1. The number of aromatic hydroxyl groups is 1. The molecule has 0 aromatic carbocycles. The number of pyridine rings is 1. The lowest BCUT2D eigenvalue weighted by Gasteiger charge is -2.34. The van der Waals surface area contributed by atoms with E-state index in [-0.39, 0.29) is 17.7 Å². The molecule has 1 fully saturated rings.